The van der Waals surface area contributed by atoms with Gasteiger partial charge in [-0.1, -0.05) is 31.8 Å². The van der Waals surface area contributed by atoms with Crippen LogP contribution in [0.5, 0.6) is 0 Å². The Bertz CT molecular complexity index is 415. The summed E-state index contributed by atoms with van der Waals surface area (Å²) in [6.45, 7) is 13.8. The molecule has 2 nitrogen and oxygen atoms in total. The first kappa shape index (κ1) is 15.1. The molecule has 0 saturated heterocycles. The van der Waals surface area contributed by atoms with Crippen molar-refractivity contribution in [3.63, 3.8) is 0 Å². The summed E-state index contributed by atoms with van der Waals surface area (Å²) in [5, 5.41) is 0.931. The Morgan fingerprint density at radius 1 is 1.56 bits per heavy atom. The Morgan fingerprint density at radius 2 is 2.11 bits per heavy atom. The molecule has 0 saturated carbocycles. The zero-order valence-electron chi connectivity index (χ0n) is 12.2. The van der Waals surface area contributed by atoms with Crippen LogP contribution in [0.3, 0.4) is 0 Å². The molecule has 2 atom stereocenters. The molecule has 3 heteroatoms. The third kappa shape index (κ3) is 2.71. The smallest absolute Gasteiger partial charge is 0.154 e. The second-order valence-electron chi connectivity index (χ2n) is 6.50. The summed E-state index contributed by atoms with van der Waals surface area (Å²) in [6, 6.07) is 0. The third-order valence-electron chi connectivity index (χ3n) is 4.04. The molecule has 0 heterocycles. The van der Waals surface area contributed by atoms with Gasteiger partial charge in [-0.2, -0.15) is 0 Å². The van der Waals surface area contributed by atoms with E-state index in [4.69, 9.17) is 0 Å². The molecule has 0 fully saturated rings. The van der Waals surface area contributed by atoms with E-state index >= 15 is 0 Å². The van der Waals surface area contributed by atoms with E-state index < -0.39 is 13.5 Å². The van der Waals surface area contributed by atoms with E-state index in [9.17, 15) is 9.59 Å². The molecule has 1 aliphatic rings. The molecule has 18 heavy (non-hydrogen) atoms. The maximum Gasteiger partial charge on any atom is 0.154 e. The van der Waals surface area contributed by atoms with Gasteiger partial charge >= 0.3 is 0 Å². The largest absolute Gasteiger partial charge is 0.299 e. The zero-order chi connectivity index (χ0) is 14.1. The fourth-order valence-corrected chi connectivity index (χ4v) is 4.27. The SMILES string of the molecule is C=CC[C@@H]1CC(=O)C([Si](C)(C)C)=C[C@]1(C)C(C)=O. The molecule has 0 aliphatic heterocycles. The first-order valence-electron chi connectivity index (χ1n) is 6.51. The highest BCUT2D eigenvalue weighted by Gasteiger charge is 2.44. The topological polar surface area (TPSA) is 34.1 Å². The monoisotopic (exact) mass is 264 g/mol. The number of hydrogen-bond donors (Lipinski definition) is 0. The normalized spacial score (nSPS) is 28.8. The van der Waals surface area contributed by atoms with Crippen molar-refractivity contribution in [1.82, 2.24) is 0 Å². The van der Waals surface area contributed by atoms with Gasteiger partial charge in [-0.15, -0.1) is 6.58 Å². The molecular weight excluding hydrogens is 240 g/mol. The quantitative estimate of drug-likeness (QED) is 0.575. The average Bonchev–Trinajstić information content (AvgIpc) is 2.21. The Kier molecular flexibility index (Phi) is 4.16. The molecule has 0 aromatic rings. The zero-order valence-corrected chi connectivity index (χ0v) is 13.2. The molecule has 100 valence electrons. The minimum Gasteiger partial charge on any atom is -0.299 e. The molecular formula is C15H24O2Si. The van der Waals surface area contributed by atoms with Gasteiger partial charge in [0.25, 0.3) is 0 Å². The second-order valence-corrected chi connectivity index (χ2v) is 11.5. The minimum atomic E-state index is -1.67. The van der Waals surface area contributed by atoms with Gasteiger partial charge in [0.1, 0.15) is 5.78 Å². The van der Waals surface area contributed by atoms with Crippen molar-refractivity contribution in [2.45, 2.75) is 46.3 Å². The Balaban J connectivity index is 3.31. The minimum absolute atomic E-state index is 0.0695. The Hall–Kier alpha value is -0.963. The van der Waals surface area contributed by atoms with E-state index in [2.05, 4.69) is 26.2 Å². The van der Waals surface area contributed by atoms with Crippen molar-refractivity contribution in [3.05, 3.63) is 23.9 Å². The van der Waals surface area contributed by atoms with Gasteiger partial charge in [-0.05, 0) is 31.4 Å². The standard InChI is InChI=1S/C15H24O2Si/c1-7-8-12-9-13(17)14(18(4,5)6)10-15(12,3)11(2)16/h7,10,12H,1,8-9H2,2-6H3/t12-,15-/m1/s1. The molecule has 0 radical (unpaired) electrons. The van der Waals surface area contributed by atoms with Gasteiger partial charge in [0.05, 0.1) is 8.07 Å². The van der Waals surface area contributed by atoms with Crippen molar-refractivity contribution in [2.24, 2.45) is 11.3 Å². The molecule has 0 aromatic heterocycles. The van der Waals surface area contributed by atoms with E-state index in [0.717, 1.165) is 11.6 Å². The van der Waals surface area contributed by atoms with Gasteiger partial charge in [0.2, 0.25) is 0 Å². The fourth-order valence-electron chi connectivity index (χ4n) is 2.60. The molecule has 0 amide bonds. The summed E-state index contributed by atoms with van der Waals surface area (Å²) in [7, 11) is -1.67. The van der Waals surface area contributed by atoms with Gasteiger partial charge in [0, 0.05) is 11.8 Å². The van der Waals surface area contributed by atoms with Gasteiger partial charge in [-0.3, -0.25) is 9.59 Å². The second kappa shape index (κ2) is 4.96. The molecule has 0 unspecified atom stereocenters. The lowest BCUT2D eigenvalue weighted by Gasteiger charge is -2.39. The van der Waals surface area contributed by atoms with Crippen LogP contribution in [0.15, 0.2) is 23.9 Å². The maximum atomic E-state index is 12.3. The van der Waals surface area contributed by atoms with Crippen molar-refractivity contribution < 1.29 is 9.59 Å². The number of hydrogen-bond acceptors (Lipinski definition) is 2. The molecule has 1 rings (SSSR count). The Morgan fingerprint density at radius 3 is 2.50 bits per heavy atom. The highest BCUT2D eigenvalue weighted by atomic mass is 28.3. The van der Waals surface area contributed by atoms with Crippen LogP contribution in [-0.4, -0.2) is 19.6 Å². The fraction of sp³-hybridized carbons (Fsp3) is 0.600. The summed E-state index contributed by atoms with van der Waals surface area (Å²) in [5.41, 5.74) is -0.502. The van der Waals surface area contributed by atoms with Crippen LogP contribution >= 0.6 is 0 Å². The lowest BCUT2D eigenvalue weighted by Crippen LogP contribution is -2.43. The molecule has 0 aromatic carbocycles. The first-order chi connectivity index (χ1) is 8.13. The number of rotatable bonds is 4. The van der Waals surface area contributed by atoms with Gasteiger partial charge in [-0.25, -0.2) is 0 Å². The van der Waals surface area contributed by atoms with Crippen molar-refractivity contribution in [1.29, 1.82) is 0 Å². The maximum absolute atomic E-state index is 12.3. The predicted octanol–water partition coefficient (Wildman–Crippen LogP) is 3.55. The van der Waals surface area contributed by atoms with Crippen molar-refractivity contribution >= 4 is 19.6 Å². The van der Waals surface area contributed by atoms with Crippen LogP contribution in [0.25, 0.3) is 0 Å². The van der Waals surface area contributed by atoms with Crippen LogP contribution < -0.4 is 0 Å². The number of carbonyl (C=O) groups excluding carboxylic acids is 2. The molecule has 0 N–H and O–H groups in total. The van der Waals surface area contributed by atoms with Crippen molar-refractivity contribution in [3.8, 4) is 0 Å². The van der Waals surface area contributed by atoms with Crippen LogP contribution in [0.2, 0.25) is 19.6 Å². The average molecular weight is 264 g/mol. The van der Waals surface area contributed by atoms with E-state index in [1.54, 1.807) is 6.92 Å². The van der Waals surface area contributed by atoms with Crippen LogP contribution in [0.1, 0.15) is 26.7 Å². The lowest BCUT2D eigenvalue weighted by molar-refractivity contribution is -0.127. The molecule has 0 bridgehead atoms. The van der Waals surface area contributed by atoms with Gasteiger partial charge < -0.3 is 0 Å². The van der Waals surface area contributed by atoms with E-state index in [1.165, 1.54) is 0 Å². The van der Waals surface area contributed by atoms with E-state index in [-0.39, 0.29) is 17.5 Å². The van der Waals surface area contributed by atoms with E-state index in [0.29, 0.717) is 6.42 Å². The Labute approximate surface area is 111 Å². The van der Waals surface area contributed by atoms with Crippen LogP contribution in [-0.2, 0) is 9.59 Å². The molecule has 0 spiro atoms. The highest BCUT2D eigenvalue weighted by Crippen LogP contribution is 2.42. The first-order valence-corrected chi connectivity index (χ1v) is 10.0. The summed E-state index contributed by atoms with van der Waals surface area (Å²) in [4.78, 5) is 24.3. The van der Waals surface area contributed by atoms with Crippen molar-refractivity contribution in [2.75, 3.05) is 0 Å². The van der Waals surface area contributed by atoms with Gasteiger partial charge in [0.15, 0.2) is 5.78 Å². The summed E-state index contributed by atoms with van der Waals surface area (Å²) >= 11 is 0. The predicted molar refractivity (Wildman–Crippen MR) is 78.1 cm³/mol. The lowest BCUT2D eigenvalue weighted by atomic mass is 9.67. The number of allylic oxidation sites excluding steroid dienone is 3. The summed E-state index contributed by atoms with van der Waals surface area (Å²) in [6.07, 6.45) is 4.99. The van der Waals surface area contributed by atoms with Crippen LogP contribution in [0, 0.1) is 11.3 Å². The number of Topliss-reactive ketones (excluding diaryl/α,β-unsaturated/α-hetero) is 2. The molecule has 1 aliphatic carbocycles. The number of ketones is 2. The number of carbonyl (C=O) groups is 2. The highest BCUT2D eigenvalue weighted by molar-refractivity contribution is 6.87. The summed E-state index contributed by atoms with van der Waals surface area (Å²) < 4.78 is 0. The summed E-state index contributed by atoms with van der Waals surface area (Å²) in [5.74, 6) is 0.456. The van der Waals surface area contributed by atoms with E-state index in [1.807, 2.05) is 19.1 Å². The van der Waals surface area contributed by atoms with Crippen LogP contribution in [0.4, 0.5) is 0 Å². The third-order valence-corrected chi connectivity index (χ3v) is 6.08.